The third-order valence-corrected chi connectivity index (χ3v) is 7.02. The molecule has 158 valence electrons. The van der Waals surface area contributed by atoms with Gasteiger partial charge >= 0.3 is 0 Å². The van der Waals surface area contributed by atoms with Gasteiger partial charge in [-0.3, -0.25) is 14.2 Å². The quantitative estimate of drug-likeness (QED) is 0.625. The molecular formula is C23H27N3O3S. The lowest BCUT2D eigenvalue weighted by molar-refractivity contribution is -0.132. The van der Waals surface area contributed by atoms with Crippen LogP contribution in [0.25, 0.3) is 10.2 Å². The smallest absolute Gasteiger partial charge is 0.262 e. The van der Waals surface area contributed by atoms with E-state index in [1.807, 2.05) is 36.1 Å². The SMILES string of the molecule is CCc1c(C)sc2ncn([C@@H]3CCCN(C(=O)Cc4ccccc4OC)C3)c(=O)c12. The molecule has 0 unspecified atom stereocenters. The van der Waals surface area contributed by atoms with Gasteiger partial charge in [0, 0.05) is 23.5 Å². The molecule has 1 aromatic carbocycles. The number of rotatable bonds is 5. The van der Waals surface area contributed by atoms with Crippen molar-refractivity contribution in [2.24, 2.45) is 0 Å². The summed E-state index contributed by atoms with van der Waals surface area (Å²) >= 11 is 1.58. The number of nitrogens with zero attached hydrogens (tertiary/aromatic N) is 3. The lowest BCUT2D eigenvalue weighted by Gasteiger charge is -2.33. The van der Waals surface area contributed by atoms with Crippen molar-refractivity contribution in [3.8, 4) is 5.75 Å². The molecular weight excluding hydrogens is 398 g/mol. The summed E-state index contributed by atoms with van der Waals surface area (Å²) in [7, 11) is 1.62. The Morgan fingerprint density at radius 3 is 2.90 bits per heavy atom. The molecule has 4 rings (SSSR count). The summed E-state index contributed by atoms with van der Waals surface area (Å²) in [5.41, 5.74) is 2.00. The summed E-state index contributed by atoms with van der Waals surface area (Å²) < 4.78 is 7.13. The van der Waals surface area contributed by atoms with Gasteiger partial charge < -0.3 is 9.64 Å². The number of aryl methyl sites for hydroxylation is 2. The third kappa shape index (κ3) is 3.74. The number of carbonyl (C=O) groups is 1. The van der Waals surface area contributed by atoms with Gasteiger partial charge in [0.1, 0.15) is 10.6 Å². The normalized spacial score (nSPS) is 16.8. The minimum atomic E-state index is -0.0466. The molecule has 1 aliphatic heterocycles. The van der Waals surface area contributed by atoms with Crippen LogP contribution in [0.15, 0.2) is 35.4 Å². The zero-order chi connectivity index (χ0) is 21.3. The van der Waals surface area contributed by atoms with E-state index in [-0.39, 0.29) is 17.5 Å². The van der Waals surface area contributed by atoms with Crippen LogP contribution in [-0.4, -0.2) is 40.6 Å². The molecule has 30 heavy (non-hydrogen) atoms. The molecule has 6 nitrogen and oxygen atoms in total. The zero-order valence-corrected chi connectivity index (χ0v) is 18.5. The highest BCUT2D eigenvalue weighted by molar-refractivity contribution is 7.18. The van der Waals surface area contributed by atoms with E-state index in [1.54, 1.807) is 29.3 Å². The molecule has 1 fully saturated rings. The van der Waals surface area contributed by atoms with Crippen LogP contribution in [0.5, 0.6) is 5.75 Å². The van der Waals surface area contributed by atoms with Crippen LogP contribution in [0, 0.1) is 6.92 Å². The van der Waals surface area contributed by atoms with Gasteiger partial charge in [0.2, 0.25) is 5.91 Å². The maximum atomic E-state index is 13.3. The van der Waals surface area contributed by atoms with Gasteiger partial charge in [-0.05, 0) is 37.8 Å². The Morgan fingerprint density at radius 2 is 2.13 bits per heavy atom. The van der Waals surface area contributed by atoms with Crippen molar-refractivity contribution >= 4 is 27.5 Å². The van der Waals surface area contributed by atoms with E-state index in [0.717, 1.165) is 51.2 Å². The van der Waals surface area contributed by atoms with Crippen molar-refractivity contribution in [3.05, 3.63) is 57.0 Å². The average Bonchev–Trinajstić information content (AvgIpc) is 3.10. The summed E-state index contributed by atoms with van der Waals surface area (Å²) in [6, 6.07) is 7.56. The number of hydrogen-bond acceptors (Lipinski definition) is 5. The number of aromatic nitrogens is 2. The number of hydrogen-bond donors (Lipinski definition) is 0. The summed E-state index contributed by atoms with van der Waals surface area (Å²) in [4.78, 5) is 34.7. The molecule has 1 atom stereocenters. The topological polar surface area (TPSA) is 64.4 Å². The Bertz CT molecular complexity index is 1130. The number of thiophene rings is 1. The lowest BCUT2D eigenvalue weighted by Crippen LogP contribution is -2.43. The highest BCUT2D eigenvalue weighted by Gasteiger charge is 2.27. The van der Waals surface area contributed by atoms with Crippen LogP contribution in [0.4, 0.5) is 0 Å². The van der Waals surface area contributed by atoms with Crippen molar-refractivity contribution in [1.82, 2.24) is 14.5 Å². The Hall–Kier alpha value is -2.67. The number of fused-ring (bicyclic) bond motifs is 1. The number of piperidine rings is 1. The zero-order valence-electron chi connectivity index (χ0n) is 17.7. The second-order valence-corrected chi connectivity index (χ2v) is 8.96. The molecule has 7 heteroatoms. The van der Waals surface area contributed by atoms with Crippen molar-refractivity contribution in [2.75, 3.05) is 20.2 Å². The summed E-state index contributed by atoms with van der Waals surface area (Å²) in [5, 5.41) is 0.750. The van der Waals surface area contributed by atoms with Gasteiger partial charge in [0.15, 0.2) is 0 Å². The number of ether oxygens (including phenoxy) is 1. The fraction of sp³-hybridized carbons (Fsp3) is 0.435. The monoisotopic (exact) mass is 425 g/mol. The fourth-order valence-corrected chi connectivity index (χ4v) is 5.46. The Morgan fingerprint density at radius 1 is 1.33 bits per heavy atom. The van der Waals surface area contributed by atoms with Gasteiger partial charge in [-0.1, -0.05) is 25.1 Å². The molecule has 0 aliphatic carbocycles. The number of amides is 1. The molecule has 0 radical (unpaired) electrons. The van der Waals surface area contributed by atoms with E-state index < -0.39 is 0 Å². The van der Waals surface area contributed by atoms with E-state index >= 15 is 0 Å². The number of likely N-dealkylation sites (tertiary alicyclic amines) is 1. The molecule has 1 saturated heterocycles. The Balaban J connectivity index is 1.58. The van der Waals surface area contributed by atoms with Gasteiger partial charge in [-0.25, -0.2) is 4.98 Å². The van der Waals surface area contributed by atoms with Crippen molar-refractivity contribution in [1.29, 1.82) is 0 Å². The van der Waals surface area contributed by atoms with Crippen LogP contribution >= 0.6 is 11.3 Å². The Kier molecular flexibility index (Phi) is 5.90. The van der Waals surface area contributed by atoms with E-state index in [0.29, 0.717) is 19.5 Å². The van der Waals surface area contributed by atoms with E-state index in [9.17, 15) is 9.59 Å². The maximum absolute atomic E-state index is 13.3. The summed E-state index contributed by atoms with van der Waals surface area (Å²) in [6.07, 6.45) is 4.53. The summed E-state index contributed by atoms with van der Waals surface area (Å²) in [6.45, 7) is 5.37. The van der Waals surface area contributed by atoms with Crippen LogP contribution < -0.4 is 10.3 Å². The first-order valence-electron chi connectivity index (χ1n) is 10.4. The van der Waals surface area contributed by atoms with E-state index in [1.165, 1.54) is 0 Å². The highest BCUT2D eigenvalue weighted by Crippen LogP contribution is 2.29. The maximum Gasteiger partial charge on any atom is 0.262 e. The van der Waals surface area contributed by atoms with Crippen LogP contribution in [0.1, 0.15) is 41.8 Å². The minimum absolute atomic E-state index is 0.0187. The minimum Gasteiger partial charge on any atom is -0.496 e. The third-order valence-electron chi connectivity index (χ3n) is 5.97. The second-order valence-electron chi connectivity index (χ2n) is 7.75. The predicted octanol–water partition coefficient (Wildman–Crippen LogP) is 3.74. The summed E-state index contributed by atoms with van der Waals surface area (Å²) in [5.74, 6) is 0.789. The number of methoxy groups -OCH3 is 1. The van der Waals surface area contributed by atoms with Crippen molar-refractivity contribution in [2.45, 2.75) is 45.6 Å². The largest absolute Gasteiger partial charge is 0.496 e. The molecule has 3 heterocycles. The predicted molar refractivity (Wildman–Crippen MR) is 120 cm³/mol. The second kappa shape index (κ2) is 8.60. The molecule has 0 spiro atoms. The molecule has 2 aromatic heterocycles. The number of carbonyl (C=O) groups excluding carboxylic acids is 1. The molecule has 3 aromatic rings. The molecule has 1 aliphatic rings. The first kappa shape index (κ1) is 20.6. The van der Waals surface area contributed by atoms with Gasteiger partial charge in [-0.2, -0.15) is 0 Å². The standard InChI is InChI=1S/C23H27N3O3S/c1-4-18-15(2)30-22-21(18)23(28)26(14-24-22)17-9-7-11-25(13-17)20(27)12-16-8-5-6-10-19(16)29-3/h5-6,8,10,14,17H,4,7,9,11-13H2,1-3H3/t17-/m1/s1. The molecule has 1 amide bonds. The number of benzene rings is 1. The Labute approximate surface area is 180 Å². The van der Waals surface area contributed by atoms with Crippen molar-refractivity contribution < 1.29 is 9.53 Å². The molecule has 0 N–H and O–H groups in total. The first-order valence-corrected chi connectivity index (χ1v) is 11.2. The highest BCUT2D eigenvalue weighted by atomic mass is 32.1. The molecule has 0 saturated carbocycles. The molecule has 0 bridgehead atoms. The lowest BCUT2D eigenvalue weighted by atomic mass is 10.0. The van der Waals surface area contributed by atoms with Gasteiger partial charge in [0.05, 0.1) is 31.3 Å². The van der Waals surface area contributed by atoms with Gasteiger partial charge in [-0.15, -0.1) is 11.3 Å². The van der Waals surface area contributed by atoms with E-state index in [4.69, 9.17) is 4.74 Å². The van der Waals surface area contributed by atoms with Crippen LogP contribution in [-0.2, 0) is 17.6 Å². The van der Waals surface area contributed by atoms with Crippen molar-refractivity contribution in [3.63, 3.8) is 0 Å². The van der Waals surface area contributed by atoms with E-state index in [2.05, 4.69) is 11.9 Å². The average molecular weight is 426 g/mol. The fourth-order valence-electron chi connectivity index (χ4n) is 4.39. The first-order chi connectivity index (χ1) is 14.5. The number of para-hydroxylation sites is 1. The van der Waals surface area contributed by atoms with Crippen LogP contribution in [0.3, 0.4) is 0 Å². The van der Waals surface area contributed by atoms with Crippen LogP contribution in [0.2, 0.25) is 0 Å². The van der Waals surface area contributed by atoms with Gasteiger partial charge in [0.25, 0.3) is 5.56 Å².